The molecular formula is C38H52O7Si. The Morgan fingerprint density at radius 2 is 1.52 bits per heavy atom. The standard InChI is InChI=1S/C38H52O7Si/c1-29(2)31(20-21-42-28-43-24-23-40-7)26-36-35(37(39)41-8)27-32(45-36)25-30(3)19-22-44-46(38(4,5)6,33-15-11-9-12-16-33)34-17-13-10-14-18-34/h9-18,25,27,31H,1,19-24,26,28H2,2-8H3/b30-25+. The lowest BCUT2D eigenvalue weighted by atomic mass is 9.92. The molecule has 3 rings (SSSR count). The maximum absolute atomic E-state index is 12.7. The number of esters is 1. The Morgan fingerprint density at radius 1 is 0.913 bits per heavy atom. The van der Waals surface area contributed by atoms with E-state index in [9.17, 15) is 4.79 Å². The maximum Gasteiger partial charge on any atom is 0.341 e. The highest BCUT2D eigenvalue weighted by molar-refractivity contribution is 6.99. The van der Waals surface area contributed by atoms with Crippen LogP contribution >= 0.6 is 0 Å². The lowest BCUT2D eigenvalue weighted by Crippen LogP contribution is -2.66. The number of carbonyl (C=O) groups is 1. The number of carbonyl (C=O) groups excluding carboxylic acids is 1. The van der Waals surface area contributed by atoms with Crippen LogP contribution in [0.15, 0.2) is 88.9 Å². The smallest absolute Gasteiger partial charge is 0.341 e. The molecule has 8 heteroatoms. The van der Waals surface area contributed by atoms with Gasteiger partial charge in [0.25, 0.3) is 8.32 Å². The summed E-state index contributed by atoms with van der Waals surface area (Å²) in [6.07, 6.45) is 3.93. The fourth-order valence-electron chi connectivity index (χ4n) is 5.69. The summed E-state index contributed by atoms with van der Waals surface area (Å²) in [7, 11) is 0.388. The maximum atomic E-state index is 12.7. The van der Waals surface area contributed by atoms with Crippen molar-refractivity contribution in [1.29, 1.82) is 0 Å². The second kappa shape index (κ2) is 18.2. The first kappa shape index (κ1) is 37.2. The molecule has 1 heterocycles. The van der Waals surface area contributed by atoms with Gasteiger partial charge >= 0.3 is 5.97 Å². The molecule has 7 nitrogen and oxygen atoms in total. The number of benzene rings is 2. The fraction of sp³-hybridized carbons (Fsp3) is 0.447. The summed E-state index contributed by atoms with van der Waals surface area (Å²) < 4.78 is 34.4. The van der Waals surface area contributed by atoms with Gasteiger partial charge in [-0.15, -0.1) is 0 Å². The normalized spacial score (nSPS) is 13.1. The molecule has 0 saturated carbocycles. The van der Waals surface area contributed by atoms with Gasteiger partial charge in [0.1, 0.15) is 23.9 Å². The van der Waals surface area contributed by atoms with Gasteiger partial charge in [-0.25, -0.2) is 4.79 Å². The van der Waals surface area contributed by atoms with Crippen molar-refractivity contribution in [1.82, 2.24) is 0 Å². The van der Waals surface area contributed by atoms with Crippen LogP contribution in [0.5, 0.6) is 0 Å². The first-order valence-corrected chi connectivity index (χ1v) is 17.9. The number of furan rings is 1. The largest absolute Gasteiger partial charge is 0.465 e. The second-order valence-electron chi connectivity index (χ2n) is 12.7. The molecule has 2 aromatic carbocycles. The summed E-state index contributed by atoms with van der Waals surface area (Å²) >= 11 is 0. The monoisotopic (exact) mass is 648 g/mol. The lowest BCUT2D eigenvalue weighted by Gasteiger charge is -2.43. The third-order valence-corrected chi connectivity index (χ3v) is 13.2. The molecular weight excluding hydrogens is 596 g/mol. The van der Waals surface area contributed by atoms with Crippen molar-refractivity contribution < 1.29 is 32.6 Å². The predicted molar refractivity (Wildman–Crippen MR) is 187 cm³/mol. The Balaban J connectivity index is 1.76. The molecule has 0 aliphatic heterocycles. The summed E-state index contributed by atoms with van der Waals surface area (Å²) in [6.45, 7) is 17.3. The van der Waals surface area contributed by atoms with E-state index in [4.69, 9.17) is 27.8 Å². The molecule has 0 radical (unpaired) electrons. The van der Waals surface area contributed by atoms with Crippen molar-refractivity contribution in [2.75, 3.05) is 47.4 Å². The van der Waals surface area contributed by atoms with Crippen molar-refractivity contribution in [2.24, 2.45) is 5.92 Å². The SMILES string of the molecule is C=C(C)C(CCOCOCCOC)Cc1oc(/C=C(\C)CCO[Si](c2ccccc2)(c2ccccc2)C(C)(C)C)cc1C(=O)OC. The van der Waals surface area contributed by atoms with Crippen LogP contribution in [0.1, 0.15) is 69.3 Å². The molecule has 1 aromatic heterocycles. The summed E-state index contributed by atoms with van der Waals surface area (Å²) in [6, 6.07) is 23.1. The number of rotatable bonds is 19. The van der Waals surface area contributed by atoms with Crippen molar-refractivity contribution >= 4 is 30.7 Å². The third kappa shape index (κ3) is 10.1. The van der Waals surface area contributed by atoms with Gasteiger partial charge in [0.15, 0.2) is 0 Å². The first-order valence-electron chi connectivity index (χ1n) is 16.0. The van der Waals surface area contributed by atoms with E-state index in [0.29, 0.717) is 62.8 Å². The van der Waals surface area contributed by atoms with E-state index < -0.39 is 14.3 Å². The zero-order chi connectivity index (χ0) is 33.6. The van der Waals surface area contributed by atoms with Gasteiger partial charge in [-0.2, -0.15) is 0 Å². The van der Waals surface area contributed by atoms with Crippen molar-refractivity contribution in [3.63, 3.8) is 0 Å². The summed E-state index contributed by atoms with van der Waals surface area (Å²) in [5.41, 5.74) is 2.51. The molecule has 0 saturated heterocycles. The van der Waals surface area contributed by atoms with E-state index in [1.165, 1.54) is 17.5 Å². The van der Waals surface area contributed by atoms with Gasteiger partial charge in [-0.3, -0.25) is 0 Å². The number of hydrogen-bond donors (Lipinski definition) is 0. The van der Waals surface area contributed by atoms with Gasteiger partial charge in [-0.1, -0.05) is 99.2 Å². The van der Waals surface area contributed by atoms with E-state index in [1.54, 1.807) is 13.2 Å². The average Bonchev–Trinajstić information content (AvgIpc) is 3.43. The van der Waals surface area contributed by atoms with Gasteiger partial charge in [0.2, 0.25) is 0 Å². The van der Waals surface area contributed by atoms with Crippen molar-refractivity contribution in [3.8, 4) is 0 Å². The zero-order valence-electron chi connectivity index (χ0n) is 28.7. The number of hydrogen-bond acceptors (Lipinski definition) is 7. The molecule has 1 atom stereocenters. The second-order valence-corrected chi connectivity index (χ2v) is 17.0. The van der Waals surface area contributed by atoms with Crippen LogP contribution in [0.2, 0.25) is 5.04 Å². The van der Waals surface area contributed by atoms with Crippen LogP contribution in [0.25, 0.3) is 6.08 Å². The van der Waals surface area contributed by atoms with E-state index in [0.717, 1.165) is 11.1 Å². The third-order valence-electron chi connectivity index (χ3n) is 8.19. The molecule has 0 N–H and O–H groups in total. The van der Waals surface area contributed by atoms with E-state index in [1.807, 2.05) is 13.0 Å². The molecule has 0 aliphatic carbocycles. The van der Waals surface area contributed by atoms with Gasteiger partial charge < -0.3 is 27.8 Å². The highest BCUT2D eigenvalue weighted by atomic mass is 28.4. The Morgan fingerprint density at radius 3 is 2.07 bits per heavy atom. The summed E-state index contributed by atoms with van der Waals surface area (Å²) in [5, 5.41) is 2.41. The topological polar surface area (TPSA) is 76.4 Å². The van der Waals surface area contributed by atoms with Crippen LogP contribution in [0.3, 0.4) is 0 Å². The lowest BCUT2D eigenvalue weighted by molar-refractivity contribution is -0.0677. The van der Waals surface area contributed by atoms with Crippen LogP contribution < -0.4 is 10.4 Å². The Kier molecular flexibility index (Phi) is 14.7. The molecule has 46 heavy (non-hydrogen) atoms. The Hall–Kier alpha value is -3.27. The number of allylic oxidation sites excluding steroid dienone is 1. The molecule has 0 amide bonds. The van der Waals surface area contributed by atoms with Crippen molar-refractivity contribution in [3.05, 3.63) is 102 Å². The molecule has 0 spiro atoms. The van der Waals surface area contributed by atoms with E-state index >= 15 is 0 Å². The van der Waals surface area contributed by atoms with Crippen molar-refractivity contribution in [2.45, 2.75) is 58.9 Å². The minimum atomic E-state index is -2.63. The van der Waals surface area contributed by atoms with Gasteiger partial charge in [0.05, 0.1) is 26.9 Å². The van der Waals surface area contributed by atoms with Crippen LogP contribution in [0, 0.1) is 5.92 Å². The fourth-order valence-corrected chi connectivity index (χ4v) is 10.3. The molecule has 0 aliphatic rings. The predicted octanol–water partition coefficient (Wildman–Crippen LogP) is 7.20. The molecule has 0 bridgehead atoms. The Labute approximate surface area is 276 Å². The van der Waals surface area contributed by atoms with Crippen LogP contribution in [-0.2, 0) is 29.8 Å². The van der Waals surface area contributed by atoms with Gasteiger partial charge in [0, 0.05) is 20.1 Å². The first-order chi connectivity index (χ1) is 22.0. The highest BCUT2D eigenvalue weighted by Gasteiger charge is 2.50. The zero-order valence-corrected chi connectivity index (χ0v) is 29.7. The van der Waals surface area contributed by atoms with Crippen LogP contribution in [-0.4, -0.2) is 61.7 Å². The molecule has 3 aromatic rings. The summed E-state index contributed by atoms with van der Waals surface area (Å²) in [4.78, 5) is 12.7. The number of methoxy groups -OCH3 is 2. The number of ether oxygens (including phenoxy) is 4. The molecule has 0 fully saturated rings. The van der Waals surface area contributed by atoms with E-state index in [-0.39, 0.29) is 17.7 Å². The van der Waals surface area contributed by atoms with E-state index in [2.05, 4.69) is 94.9 Å². The van der Waals surface area contributed by atoms with Crippen LogP contribution in [0.4, 0.5) is 0 Å². The van der Waals surface area contributed by atoms with Gasteiger partial charge in [-0.05, 0) is 60.2 Å². The summed E-state index contributed by atoms with van der Waals surface area (Å²) in [5.74, 6) is 0.834. The molecule has 250 valence electrons. The Bertz CT molecular complexity index is 1350. The highest BCUT2D eigenvalue weighted by Crippen LogP contribution is 2.37. The minimum Gasteiger partial charge on any atom is -0.465 e. The molecule has 1 unspecified atom stereocenters. The average molecular weight is 649 g/mol. The minimum absolute atomic E-state index is 0.0614. The quantitative estimate of drug-likeness (QED) is 0.0448.